The summed E-state index contributed by atoms with van der Waals surface area (Å²) in [5.41, 5.74) is 9.46. The van der Waals surface area contributed by atoms with Gasteiger partial charge in [0.05, 0.1) is 54.9 Å². The summed E-state index contributed by atoms with van der Waals surface area (Å²) in [6.45, 7) is 19.6. The van der Waals surface area contributed by atoms with Crippen molar-refractivity contribution in [3.8, 4) is 22.6 Å². The molecule has 12 nitrogen and oxygen atoms in total. The highest BCUT2D eigenvalue weighted by Crippen LogP contribution is 2.46. The van der Waals surface area contributed by atoms with Gasteiger partial charge in [0, 0.05) is 73.5 Å². The van der Waals surface area contributed by atoms with Gasteiger partial charge < -0.3 is 37.7 Å². The van der Waals surface area contributed by atoms with Crippen molar-refractivity contribution < 1.29 is 33.3 Å². The number of anilines is 1. The van der Waals surface area contributed by atoms with Gasteiger partial charge in [-0.1, -0.05) is 48.9 Å². The number of fused-ring (bicyclic) bond motifs is 4. The van der Waals surface area contributed by atoms with Crippen molar-refractivity contribution in [1.29, 1.82) is 0 Å². The molecule has 0 unspecified atom stereocenters. The molecule has 336 valence electrons. The third kappa shape index (κ3) is 8.87. The van der Waals surface area contributed by atoms with Gasteiger partial charge in [0.1, 0.15) is 29.6 Å². The molecule has 63 heavy (non-hydrogen) atoms. The molecule has 1 atom stereocenters. The maximum atomic E-state index is 15.6. The van der Waals surface area contributed by atoms with E-state index in [2.05, 4.69) is 38.1 Å². The number of aryl methyl sites for hydroxylation is 4. The van der Waals surface area contributed by atoms with Crippen LogP contribution >= 0.6 is 23.2 Å². The highest BCUT2D eigenvalue weighted by atomic mass is 35.5. The lowest BCUT2D eigenvalue weighted by molar-refractivity contribution is 0.0586. The van der Waals surface area contributed by atoms with Crippen molar-refractivity contribution >= 4 is 70.6 Å². The highest BCUT2D eigenvalue weighted by molar-refractivity contribution is 6.76. The largest absolute Gasteiger partial charge is 0.496 e. The number of aromatic nitrogens is 4. The topological polar surface area (TPSA) is 111 Å². The van der Waals surface area contributed by atoms with Crippen LogP contribution in [0.25, 0.3) is 32.9 Å². The molecule has 4 heterocycles. The fourth-order valence-electron chi connectivity index (χ4n) is 8.94. The summed E-state index contributed by atoms with van der Waals surface area (Å²) in [4.78, 5) is 30.6. The van der Waals surface area contributed by atoms with Crippen molar-refractivity contribution in [1.82, 2.24) is 18.9 Å². The van der Waals surface area contributed by atoms with Gasteiger partial charge in [-0.25, -0.2) is 9.48 Å². The third-order valence-electron chi connectivity index (χ3n) is 12.1. The van der Waals surface area contributed by atoms with Crippen LogP contribution in [0, 0.1) is 27.7 Å². The molecule has 1 amide bonds. The average molecular weight is 917 g/mol. The van der Waals surface area contributed by atoms with E-state index in [1.54, 1.807) is 20.3 Å². The quantitative estimate of drug-likeness (QED) is 0.0505. The first-order chi connectivity index (χ1) is 30.0. The van der Waals surface area contributed by atoms with E-state index in [4.69, 9.17) is 52.0 Å². The van der Waals surface area contributed by atoms with E-state index < -0.39 is 14.0 Å². The zero-order chi connectivity index (χ0) is 45.5. The number of methoxy groups -OCH3 is 3. The van der Waals surface area contributed by atoms with E-state index in [0.717, 1.165) is 66.9 Å². The first-order valence-corrected chi connectivity index (χ1v) is 25.9. The Morgan fingerprint density at radius 2 is 1.63 bits per heavy atom. The van der Waals surface area contributed by atoms with E-state index in [1.165, 1.54) is 7.11 Å². The fraction of sp³-hybridized carbons (Fsp3) is 0.438. The number of carbonyl (C=O) groups excluding carboxylic acids is 2. The van der Waals surface area contributed by atoms with Gasteiger partial charge in [0.15, 0.2) is 0 Å². The van der Waals surface area contributed by atoms with Crippen LogP contribution in [-0.4, -0.2) is 86.6 Å². The second-order valence-electron chi connectivity index (χ2n) is 17.7. The van der Waals surface area contributed by atoms with Gasteiger partial charge in [-0.15, -0.1) is 0 Å². The monoisotopic (exact) mass is 915 g/mol. The number of amides is 1. The molecular formula is C48H59Cl2N5O7Si. The van der Waals surface area contributed by atoms with Crippen molar-refractivity contribution in [3.63, 3.8) is 0 Å². The van der Waals surface area contributed by atoms with Crippen molar-refractivity contribution in [3.05, 3.63) is 92.0 Å². The zero-order valence-electron chi connectivity index (χ0n) is 38.3. The number of benzene rings is 3. The molecule has 0 saturated heterocycles. The van der Waals surface area contributed by atoms with Crippen molar-refractivity contribution in [2.24, 2.45) is 0 Å². The minimum atomic E-state index is -1.27. The normalized spacial score (nSPS) is 14.3. The second kappa shape index (κ2) is 18.7. The molecule has 0 saturated carbocycles. The molecule has 3 aromatic carbocycles. The minimum absolute atomic E-state index is 0.170. The molecule has 1 aliphatic rings. The van der Waals surface area contributed by atoms with E-state index >= 15 is 4.79 Å². The molecule has 3 aromatic heterocycles. The lowest BCUT2D eigenvalue weighted by Gasteiger charge is -2.35. The molecule has 0 spiro atoms. The van der Waals surface area contributed by atoms with Gasteiger partial charge in [-0.3, -0.25) is 4.79 Å². The Balaban J connectivity index is 1.38. The lowest BCUT2D eigenvalue weighted by atomic mass is 9.98. The smallest absolute Gasteiger partial charge is 0.354 e. The van der Waals surface area contributed by atoms with Gasteiger partial charge in [0.25, 0.3) is 5.91 Å². The number of halogens is 2. The first-order valence-electron chi connectivity index (χ1n) is 21.5. The molecule has 0 bridgehead atoms. The van der Waals surface area contributed by atoms with Crippen LogP contribution in [0.15, 0.2) is 42.5 Å². The van der Waals surface area contributed by atoms with Crippen LogP contribution < -0.4 is 14.4 Å². The van der Waals surface area contributed by atoms with Crippen LogP contribution in [0.5, 0.6) is 11.5 Å². The summed E-state index contributed by atoms with van der Waals surface area (Å²) < 4.78 is 34.9. The van der Waals surface area contributed by atoms with Crippen LogP contribution in [0.1, 0.15) is 68.4 Å². The van der Waals surface area contributed by atoms with Gasteiger partial charge in [0.2, 0.25) is 0 Å². The molecule has 0 aliphatic carbocycles. The molecule has 6 aromatic rings. The number of hydrogen-bond acceptors (Lipinski definition) is 8. The summed E-state index contributed by atoms with van der Waals surface area (Å²) in [6, 6.07) is 14.2. The summed E-state index contributed by atoms with van der Waals surface area (Å²) in [6.07, 6.45) is 1.18. The third-order valence-corrected chi connectivity index (χ3v) is 14.7. The van der Waals surface area contributed by atoms with Crippen LogP contribution in [-0.2, 0) is 33.9 Å². The standard InChI is InChI=1S/C48H59Cl2N5O7Si/c1-28-23-33(24-29(2)43(28)50)62-19-12-13-34-35-14-15-37(49)42(41-31(4)51-54(32(41)5)27-61-21-22-63(9,10)11)45(35)55-30(3)26-53(47(56)46(34)55)38-16-17-40(59-7)36-25-39(48(57)60-8)52(44(36)38)18-20-58-6/h14-17,23-25,30H,12-13,18-22,26-27H2,1-11H3/t30-/m1/s1. The first kappa shape index (κ1) is 46.2. The van der Waals surface area contributed by atoms with E-state index in [0.29, 0.717) is 91.2 Å². The molecule has 7 rings (SSSR count). The predicted molar refractivity (Wildman–Crippen MR) is 255 cm³/mol. The summed E-state index contributed by atoms with van der Waals surface area (Å²) >= 11 is 13.8. The molecule has 0 N–H and O–H groups in total. The Morgan fingerprint density at radius 3 is 2.30 bits per heavy atom. The molecule has 15 heteroatoms. The Morgan fingerprint density at radius 1 is 0.905 bits per heavy atom. The van der Waals surface area contributed by atoms with Crippen molar-refractivity contribution in [2.45, 2.75) is 92.5 Å². The number of nitrogens with zero attached hydrogens (tertiary/aromatic N) is 5. The summed E-state index contributed by atoms with van der Waals surface area (Å²) in [5, 5.41) is 7.88. The van der Waals surface area contributed by atoms with Gasteiger partial charge >= 0.3 is 5.97 Å². The van der Waals surface area contributed by atoms with E-state index in [-0.39, 0.29) is 11.9 Å². The SMILES string of the molecule is COCCn1c(C(=O)OC)cc2c(OC)ccc(N3C[C@@H](C)n4c(c(CCCOc5cc(C)c(Cl)c(C)c5)c5ccc(Cl)c(-c6c(C)nn(COCC[Si](C)(C)C)c6C)c54)C3=O)c21. The van der Waals surface area contributed by atoms with Gasteiger partial charge in [-0.2, -0.15) is 5.10 Å². The maximum absolute atomic E-state index is 15.6. The van der Waals surface area contributed by atoms with Crippen LogP contribution in [0.2, 0.25) is 35.7 Å². The predicted octanol–water partition coefficient (Wildman–Crippen LogP) is 11.0. The van der Waals surface area contributed by atoms with E-state index in [1.807, 2.05) is 71.3 Å². The number of carbonyl (C=O) groups is 2. The number of rotatable bonds is 17. The number of hydrogen-bond donors (Lipinski definition) is 0. The zero-order valence-corrected chi connectivity index (χ0v) is 40.8. The Bertz CT molecular complexity index is 2690. The van der Waals surface area contributed by atoms with Gasteiger partial charge in [-0.05, 0) is 107 Å². The van der Waals surface area contributed by atoms with Crippen molar-refractivity contribution in [2.75, 3.05) is 52.6 Å². The summed E-state index contributed by atoms with van der Waals surface area (Å²) in [5.74, 6) is 0.651. The second-order valence-corrected chi connectivity index (χ2v) is 24.1. The minimum Gasteiger partial charge on any atom is -0.496 e. The maximum Gasteiger partial charge on any atom is 0.354 e. The molecule has 0 fully saturated rings. The number of ether oxygens (including phenoxy) is 5. The fourth-order valence-corrected chi connectivity index (χ4v) is 10.0. The lowest BCUT2D eigenvalue weighted by Crippen LogP contribution is -2.43. The Hall–Kier alpha value is -4.79. The summed E-state index contributed by atoms with van der Waals surface area (Å²) in [7, 11) is 3.29. The average Bonchev–Trinajstić information content (AvgIpc) is 3.88. The van der Waals surface area contributed by atoms with Crippen LogP contribution in [0.4, 0.5) is 5.69 Å². The highest BCUT2D eigenvalue weighted by Gasteiger charge is 2.38. The van der Waals surface area contributed by atoms with Crippen LogP contribution in [0.3, 0.4) is 0 Å². The number of esters is 1. The van der Waals surface area contributed by atoms with E-state index in [9.17, 15) is 4.79 Å². The Labute approximate surface area is 380 Å². The Kier molecular flexibility index (Phi) is 13.7. The molecule has 0 radical (unpaired) electrons. The molecular weight excluding hydrogens is 858 g/mol. The molecule has 1 aliphatic heterocycles.